The number of methoxy groups -OCH3 is 2. The highest BCUT2D eigenvalue weighted by atomic mass is 16.6. The van der Waals surface area contributed by atoms with Crippen LogP contribution in [0, 0.1) is 0 Å². The maximum atomic E-state index is 11.9. The van der Waals surface area contributed by atoms with Crippen LogP contribution in [0.1, 0.15) is 28.9 Å². The summed E-state index contributed by atoms with van der Waals surface area (Å²) in [5.74, 6) is 0.202. The Kier molecular flexibility index (Phi) is 5.20. The van der Waals surface area contributed by atoms with Crippen LogP contribution in [0.4, 0.5) is 0 Å². The molecule has 144 valence electrons. The standard InChI is InChI=1S/C19H21NO7/c1-19(10-24-2)17(22)16(26-12-6-7-20-15(21)9-12)13-8-11(18(23)25-3)4-5-14(13)27-19/h4-9,16-17,22H,10H2,1-3H3,(H,20,21). The molecule has 0 spiro atoms. The Morgan fingerprint density at radius 3 is 2.74 bits per heavy atom. The van der Waals surface area contributed by atoms with Gasteiger partial charge >= 0.3 is 5.97 Å². The lowest BCUT2D eigenvalue weighted by molar-refractivity contribution is -0.137. The maximum absolute atomic E-state index is 11.9. The number of aliphatic hydroxyl groups is 1. The van der Waals surface area contributed by atoms with Crippen molar-refractivity contribution in [2.45, 2.75) is 24.7 Å². The number of fused-ring (bicyclic) bond motifs is 1. The molecule has 1 aromatic heterocycles. The van der Waals surface area contributed by atoms with Crippen molar-refractivity contribution in [1.29, 1.82) is 0 Å². The second-order valence-electron chi connectivity index (χ2n) is 6.46. The molecule has 3 unspecified atom stereocenters. The number of rotatable bonds is 5. The number of carbonyl (C=O) groups excluding carboxylic acids is 1. The Morgan fingerprint density at radius 1 is 1.30 bits per heavy atom. The van der Waals surface area contributed by atoms with Gasteiger partial charge in [0.1, 0.15) is 17.6 Å². The molecule has 1 aliphatic rings. The first-order chi connectivity index (χ1) is 12.9. The molecule has 0 saturated heterocycles. The van der Waals surface area contributed by atoms with E-state index in [9.17, 15) is 14.7 Å². The molecule has 2 aromatic rings. The molecule has 8 nitrogen and oxygen atoms in total. The van der Waals surface area contributed by atoms with Crippen LogP contribution in [0.15, 0.2) is 41.3 Å². The second kappa shape index (κ2) is 7.42. The fourth-order valence-electron chi connectivity index (χ4n) is 3.08. The van der Waals surface area contributed by atoms with Crippen LogP contribution < -0.4 is 15.0 Å². The molecule has 0 radical (unpaired) electrons. The van der Waals surface area contributed by atoms with Gasteiger partial charge in [0, 0.05) is 24.9 Å². The van der Waals surface area contributed by atoms with Gasteiger partial charge in [0.15, 0.2) is 11.7 Å². The number of esters is 1. The van der Waals surface area contributed by atoms with Crippen molar-refractivity contribution >= 4 is 5.97 Å². The normalized spacial score (nSPS) is 23.9. The molecule has 0 aliphatic carbocycles. The van der Waals surface area contributed by atoms with E-state index in [1.807, 2.05) is 0 Å². The number of aliphatic hydroxyl groups excluding tert-OH is 1. The maximum Gasteiger partial charge on any atom is 0.337 e. The van der Waals surface area contributed by atoms with Gasteiger partial charge < -0.3 is 29.0 Å². The van der Waals surface area contributed by atoms with Gasteiger partial charge in [-0.2, -0.15) is 0 Å². The Balaban J connectivity index is 2.07. The van der Waals surface area contributed by atoms with Crippen LogP contribution >= 0.6 is 0 Å². The first kappa shape index (κ1) is 18.9. The minimum absolute atomic E-state index is 0.113. The van der Waals surface area contributed by atoms with Gasteiger partial charge in [-0.15, -0.1) is 0 Å². The number of aromatic amines is 1. The summed E-state index contributed by atoms with van der Waals surface area (Å²) in [5.41, 5.74) is -0.654. The molecule has 3 atom stereocenters. The van der Waals surface area contributed by atoms with Crippen molar-refractivity contribution < 1.29 is 28.8 Å². The zero-order chi connectivity index (χ0) is 19.6. The zero-order valence-corrected chi connectivity index (χ0v) is 15.2. The third kappa shape index (κ3) is 3.67. The summed E-state index contributed by atoms with van der Waals surface area (Å²) in [6.45, 7) is 1.81. The second-order valence-corrected chi connectivity index (χ2v) is 6.46. The van der Waals surface area contributed by atoms with Crippen LogP contribution in [0.2, 0.25) is 0 Å². The SMILES string of the molecule is COCC1(C)Oc2ccc(C(=O)OC)cc2C(Oc2cc[nH]c(=O)c2)C1O. The molecular weight excluding hydrogens is 354 g/mol. The highest BCUT2D eigenvalue weighted by molar-refractivity contribution is 5.89. The molecule has 0 bridgehead atoms. The summed E-state index contributed by atoms with van der Waals surface area (Å²) >= 11 is 0. The molecule has 27 heavy (non-hydrogen) atoms. The lowest BCUT2D eigenvalue weighted by Gasteiger charge is -2.43. The monoisotopic (exact) mass is 375 g/mol. The van der Waals surface area contributed by atoms with E-state index in [0.29, 0.717) is 16.9 Å². The predicted molar refractivity (Wildman–Crippen MR) is 95.1 cm³/mol. The van der Waals surface area contributed by atoms with E-state index in [4.69, 9.17) is 18.9 Å². The summed E-state index contributed by atoms with van der Waals surface area (Å²) in [6, 6.07) is 7.59. The van der Waals surface area contributed by atoms with Gasteiger partial charge in [-0.1, -0.05) is 0 Å². The summed E-state index contributed by atoms with van der Waals surface area (Å²) in [6.07, 6.45) is -0.568. The van der Waals surface area contributed by atoms with E-state index < -0.39 is 23.8 Å². The predicted octanol–water partition coefficient (Wildman–Crippen LogP) is 1.44. The quantitative estimate of drug-likeness (QED) is 0.762. The first-order valence-corrected chi connectivity index (χ1v) is 8.31. The summed E-state index contributed by atoms with van der Waals surface area (Å²) in [5, 5.41) is 11.0. The van der Waals surface area contributed by atoms with Gasteiger partial charge in [0.25, 0.3) is 5.56 Å². The summed E-state index contributed by atoms with van der Waals surface area (Å²) in [4.78, 5) is 26.0. The number of benzene rings is 1. The summed E-state index contributed by atoms with van der Waals surface area (Å²) in [7, 11) is 2.79. The smallest absolute Gasteiger partial charge is 0.337 e. The van der Waals surface area contributed by atoms with Crippen LogP contribution in [0.25, 0.3) is 0 Å². The topological polar surface area (TPSA) is 107 Å². The highest BCUT2D eigenvalue weighted by Gasteiger charge is 2.48. The average Bonchev–Trinajstić information content (AvgIpc) is 2.65. The largest absolute Gasteiger partial charge is 0.482 e. The molecule has 2 N–H and O–H groups in total. The molecule has 1 aromatic carbocycles. The number of H-pyrrole nitrogens is 1. The van der Waals surface area contributed by atoms with Crippen molar-refractivity contribution in [3.05, 3.63) is 58.0 Å². The number of ether oxygens (including phenoxy) is 4. The average molecular weight is 375 g/mol. The van der Waals surface area contributed by atoms with E-state index in [1.54, 1.807) is 31.2 Å². The lowest BCUT2D eigenvalue weighted by Crippen LogP contribution is -2.55. The minimum atomic E-state index is -1.13. The molecule has 3 rings (SSSR count). The van der Waals surface area contributed by atoms with Crippen LogP contribution in [-0.4, -0.2) is 48.6 Å². The van der Waals surface area contributed by atoms with E-state index in [1.165, 1.54) is 26.5 Å². The van der Waals surface area contributed by atoms with E-state index >= 15 is 0 Å². The Morgan fingerprint density at radius 2 is 2.07 bits per heavy atom. The highest BCUT2D eigenvalue weighted by Crippen LogP contribution is 2.42. The Hall–Kier alpha value is -2.84. The van der Waals surface area contributed by atoms with Gasteiger partial charge in [0.05, 0.1) is 19.3 Å². The number of hydrogen-bond acceptors (Lipinski definition) is 7. The number of pyridine rings is 1. The molecular formula is C19H21NO7. The van der Waals surface area contributed by atoms with Crippen molar-refractivity contribution in [2.24, 2.45) is 0 Å². The number of hydrogen-bond donors (Lipinski definition) is 2. The zero-order valence-electron chi connectivity index (χ0n) is 15.2. The van der Waals surface area contributed by atoms with Crippen molar-refractivity contribution in [1.82, 2.24) is 4.98 Å². The molecule has 0 saturated carbocycles. The molecule has 0 amide bonds. The third-order valence-corrected chi connectivity index (χ3v) is 4.43. The number of nitrogens with one attached hydrogen (secondary N) is 1. The molecule has 0 fully saturated rings. The summed E-state index contributed by atoms with van der Waals surface area (Å²) < 4.78 is 21.8. The van der Waals surface area contributed by atoms with Crippen LogP contribution in [-0.2, 0) is 9.47 Å². The van der Waals surface area contributed by atoms with Crippen molar-refractivity contribution in [3.63, 3.8) is 0 Å². The van der Waals surface area contributed by atoms with Gasteiger partial charge in [-0.05, 0) is 31.2 Å². The molecule has 2 heterocycles. The van der Waals surface area contributed by atoms with Gasteiger partial charge in [-0.3, -0.25) is 4.79 Å². The van der Waals surface area contributed by atoms with E-state index in [-0.39, 0.29) is 17.9 Å². The van der Waals surface area contributed by atoms with Gasteiger partial charge in [0.2, 0.25) is 0 Å². The van der Waals surface area contributed by atoms with Crippen molar-refractivity contribution in [3.8, 4) is 11.5 Å². The minimum Gasteiger partial charge on any atom is -0.482 e. The first-order valence-electron chi connectivity index (χ1n) is 8.31. The van der Waals surface area contributed by atoms with Crippen LogP contribution in [0.5, 0.6) is 11.5 Å². The van der Waals surface area contributed by atoms with Gasteiger partial charge in [-0.25, -0.2) is 4.79 Å². The van der Waals surface area contributed by atoms with E-state index in [2.05, 4.69) is 4.98 Å². The van der Waals surface area contributed by atoms with E-state index in [0.717, 1.165) is 0 Å². The molecule has 1 aliphatic heterocycles. The fraction of sp³-hybridized carbons (Fsp3) is 0.368. The number of aromatic nitrogens is 1. The fourth-order valence-corrected chi connectivity index (χ4v) is 3.08. The molecule has 8 heteroatoms. The number of carbonyl (C=O) groups is 1. The Bertz CT molecular complexity index is 894. The Labute approximate surface area is 155 Å². The lowest BCUT2D eigenvalue weighted by atomic mass is 9.86. The third-order valence-electron chi connectivity index (χ3n) is 4.43. The van der Waals surface area contributed by atoms with Crippen LogP contribution in [0.3, 0.4) is 0 Å². The van der Waals surface area contributed by atoms with Crippen molar-refractivity contribution in [2.75, 3.05) is 20.8 Å².